The second kappa shape index (κ2) is 8.96. The van der Waals surface area contributed by atoms with E-state index in [-0.39, 0.29) is 23.3 Å². The molecule has 1 N–H and O–H groups in total. The van der Waals surface area contributed by atoms with E-state index < -0.39 is 6.17 Å². The van der Waals surface area contributed by atoms with Crippen molar-refractivity contribution >= 4 is 23.2 Å². The molecule has 2 saturated carbocycles. The van der Waals surface area contributed by atoms with Crippen LogP contribution < -0.4 is 10.2 Å². The molecule has 36 heavy (non-hydrogen) atoms. The predicted molar refractivity (Wildman–Crippen MR) is 138 cm³/mol. The van der Waals surface area contributed by atoms with Gasteiger partial charge in [0.2, 0.25) is 0 Å². The maximum atomic E-state index is 13.8. The highest BCUT2D eigenvalue weighted by molar-refractivity contribution is 6.32. The van der Waals surface area contributed by atoms with Gasteiger partial charge in [-0.2, -0.15) is 0 Å². The topological polar surface area (TPSA) is 63.1 Å². The van der Waals surface area contributed by atoms with Crippen molar-refractivity contribution in [2.24, 2.45) is 13.0 Å². The van der Waals surface area contributed by atoms with Gasteiger partial charge in [0.1, 0.15) is 18.3 Å². The van der Waals surface area contributed by atoms with Gasteiger partial charge in [-0.15, -0.1) is 10.2 Å². The third-order valence-corrected chi connectivity index (χ3v) is 8.71. The highest BCUT2D eigenvalue weighted by Crippen LogP contribution is 2.45. The number of benzene rings is 2. The molecule has 8 heteroatoms. The van der Waals surface area contributed by atoms with E-state index in [1.807, 2.05) is 48.0 Å². The highest BCUT2D eigenvalue weighted by atomic mass is 35.5. The Hall–Kier alpha value is -2.77. The van der Waals surface area contributed by atoms with Crippen LogP contribution >= 0.6 is 11.6 Å². The summed E-state index contributed by atoms with van der Waals surface area (Å²) in [6, 6.07) is 12.0. The van der Waals surface area contributed by atoms with Crippen molar-refractivity contribution < 1.29 is 9.18 Å². The van der Waals surface area contributed by atoms with Crippen LogP contribution in [0.3, 0.4) is 0 Å². The van der Waals surface area contributed by atoms with E-state index in [1.165, 1.54) is 19.3 Å². The van der Waals surface area contributed by atoms with Crippen molar-refractivity contribution in [1.29, 1.82) is 0 Å². The summed E-state index contributed by atoms with van der Waals surface area (Å²) in [4.78, 5) is 15.3. The molecule has 1 aliphatic heterocycles. The second-order valence-corrected chi connectivity index (χ2v) is 11.4. The molecule has 3 aliphatic rings. The first-order valence-electron chi connectivity index (χ1n) is 12.8. The molecule has 0 spiro atoms. The Kier molecular flexibility index (Phi) is 5.88. The summed E-state index contributed by atoms with van der Waals surface area (Å²) in [6.45, 7) is 3.38. The van der Waals surface area contributed by atoms with Gasteiger partial charge >= 0.3 is 0 Å². The molecular weight excluding hydrogens is 477 g/mol. The Morgan fingerprint density at radius 1 is 1.25 bits per heavy atom. The normalized spacial score (nSPS) is 23.2. The summed E-state index contributed by atoms with van der Waals surface area (Å²) in [5.41, 5.74) is 4.60. The fourth-order valence-corrected chi connectivity index (χ4v) is 6.18. The average molecular weight is 508 g/mol. The van der Waals surface area contributed by atoms with Gasteiger partial charge < -0.3 is 14.8 Å². The molecule has 0 bridgehead atoms. The van der Waals surface area contributed by atoms with Gasteiger partial charge in [0.05, 0.1) is 6.54 Å². The molecule has 188 valence electrons. The largest absolute Gasteiger partial charge is 0.320 e. The summed E-state index contributed by atoms with van der Waals surface area (Å²) < 4.78 is 15.7. The zero-order valence-corrected chi connectivity index (χ0v) is 21.4. The fourth-order valence-electron chi connectivity index (χ4n) is 5.88. The molecule has 0 unspecified atom stereocenters. The smallest absolute Gasteiger partial charge is 0.258 e. The second-order valence-electron chi connectivity index (χ2n) is 11.0. The monoisotopic (exact) mass is 507 g/mol. The number of alkyl halides is 1. The van der Waals surface area contributed by atoms with Crippen LogP contribution in [0.4, 0.5) is 10.1 Å². The molecular formula is C28H31ClFN5O. The number of hydrogen-bond acceptors (Lipinski definition) is 4. The van der Waals surface area contributed by atoms with Gasteiger partial charge in [-0.05, 0) is 80.3 Å². The van der Waals surface area contributed by atoms with E-state index >= 15 is 0 Å². The van der Waals surface area contributed by atoms with Gasteiger partial charge in [0.15, 0.2) is 0 Å². The Morgan fingerprint density at radius 2 is 2.06 bits per heavy atom. The summed E-state index contributed by atoms with van der Waals surface area (Å²) >= 11 is 6.68. The lowest BCUT2D eigenvalue weighted by atomic mass is 9.71. The zero-order chi connectivity index (χ0) is 25.0. The van der Waals surface area contributed by atoms with Gasteiger partial charge in [0.25, 0.3) is 5.91 Å². The van der Waals surface area contributed by atoms with Gasteiger partial charge in [-0.25, -0.2) is 4.39 Å². The molecule has 0 radical (unpaired) electrons. The molecule has 6 nitrogen and oxygen atoms in total. The first-order valence-corrected chi connectivity index (χ1v) is 13.2. The Bertz CT molecular complexity index is 1310. The molecule has 0 saturated heterocycles. The van der Waals surface area contributed by atoms with Gasteiger partial charge in [-0.3, -0.25) is 4.79 Å². The lowest BCUT2D eigenvalue weighted by Crippen LogP contribution is -2.47. The van der Waals surface area contributed by atoms with Crippen LogP contribution in [-0.4, -0.2) is 32.4 Å². The number of nitrogens with zero attached hydrogens (tertiary/aromatic N) is 4. The van der Waals surface area contributed by atoms with Crippen molar-refractivity contribution in [3.05, 3.63) is 75.8 Å². The maximum Gasteiger partial charge on any atom is 0.258 e. The number of rotatable bonds is 7. The van der Waals surface area contributed by atoms with Crippen molar-refractivity contribution in [2.45, 2.75) is 69.7 Å². The molecule has 1 aromatic heterocycles. The predicted octanol–water partition coefficient (Wildman–Crippen LogP) is 5.54. The van der Waals surface area contributed by atoms with Crippen LogP contribution in [0.2, 0.25) is 5.02 Å². The standard InChI is InChI=1S/C28H31ClFN5O/c1-28(7-4-8-28)31-14-17-9-22-23(24(29)10-17)15-35(27(22)36)21-6-3-5-18(13-21)25(19-11-20(30)12-19)26-33-32-16-34(26)2/h3,5-6,9-10,13,16,19-20,25,31H,4,7-8,11-12,14-15H2,1-2H3/t19-,20+,25-/m1/s1. The van der Waals surface area contributed by atoms with Gasteiger partial charge in [-0.1, -0.05) is 23.7 Å². The zero-order valence-electron chi connectivity index (χ0n) is 20.7. The number of halogens is 2. The van der Waals surface area contributed by atoms with E-state index in [2.05, 4.69) is 22.4 Å². The SMILES string of the molecule is Cn1cnnc1[C@H](c1cccc(N2Cc3c(Cl)cc(CNC4(C)CCC4)cc3C2=O)c1)[C@H]1C[C@@H](F)C1. The van der Waals surface area contributed by atoms with E-state index in [9.17, 15) is 9.18 Å². The number of hydrogen-bond donors (Lipinski definition) is 1. The molecule has 2 heterocycles. The lowest BCUT2D eigenvalue weighted by molar-refractivity contribution is 0.0996. The van der Waals surface area contributed by atoms with E-state index in [0.29, 0.717) is 36.5 Å². The Balaban J connectivity index is 1.27. The van der Waals surface area contributed by atoms with Crippen LogP contribution in [0, 0.1) is 5.92 Å². The Labute approximate surface area is 215 Å². The lowest BCUT2D eigenvalue weighted by Gasteiger charge is -2.39. The van der Waals surface area contributed by atoms with E-state index in [0.717, 1.165) is 28.2 Å². The van der Waals surface area contributed by atoms with Crippen LogP contribution in [0.5, 0.6) is 0 Å². The van der Waals surface area contributed by atoms with Crippen LogP contribution in [-0.2, 0) is 20.1 Å². The summed E-state index contributed by atoms with van der Waals surface area (Å²) in [5, 5.41) is 12.7. The summed E-state index contributed by atoms with van der Waals surface area (Å²) in [7, 11) is 1.91. The van der Waals surface area contributed by atoms with Gasteiger partial charge in [0, 0.05) is 46.9 Å². The molecule has 1 amide bonds. The highest BCUT2D eigenvalue weighted by Gasteiger charge is 2.39. The van der Waals surface area contributed by atoms with Crippen LogP contribution in [0.25, 0.3) is 0 Å². The van der Waals surface area contributed by atoms with Crippen molar-refractivity contribution in [1.82, 2.24) is 20.1 Å². The number of carbonyl (C=O) groups is 1. The minimum atomic E-state index is -0.763. The summed E-state index contributed by atoms with van der Waals surface area (Å²) in [6.07, 6.45) is 5.56. The minimum Gasteiger partial charge on any atom is -0.320 e. The first-order chi connectivity index (χ1) is 17.3. The first kappa shape index (κ1) is 23.6. The van der Waals surface area contributed by atoms with Crippen molar-refractivity contribution in [3.8, 4) is 0 Å². The van der Waals surface area contributed by atoms with E-state index in [4.69, 9.17) is 11.6 Å². The Morgan fingerprint density at radius 3 is 2.72 bits per heavy atom. The molecule has 2 fully saturated rings. The third kappa shape index (κ3) is 4.12. The third-order valence-electron chi connectivity index (χ3n) is 8.38. The number of aryl methyl sites for hydroxylation is 1. The number of aromatic nitrogens is 3. The molecule has 2 aromatic carbocycles. The molecule has 2 aliphatic carbocycles. The number of carbonyl (C=O) groups excluding carboxylic acids is 1. The van der Waals surface area contributed by atoms with E-state index in [1.54, 1.807) is 11.2 Å². The molecule has 1 atom stereocenters. The summed E-state index contributed by atoms with van der Waals surface area (Å²) in [5.74, 6) is 0.870. The number of anilines is 1. The van der Waals surface area contributed by atoms with Crippen LogP contribution in [0.15, 0.2) is 42.7 Å². The quantitative estimate of drug-likeness (QED) is 0.456. The van der Waals surface area contributed by atoms with Crippen molar-refractivity contribution in [3.63, 3.8) is 0 Å². The maximum absolute atomic E-state index is 13.8. The number of fused-ring (bicyclic) bond motifs is 1. The van der Waals surface area contributed by atoms with Crippen molar-refractivity contribution in [2.75, 3.05) is 4.90 Å². The number of nitrogens with one attached hydrogen (secondary N) is 1. The number of amides is 1. The molecule has 3 aromatic rings. The average Bonchev–Trinajstić information content (AvgIpc) is 3.39. The molecule has 6 rings (SSSR count). The fraction of sp³-hybridized carbons (Fsp3) is 0.464. The van der Waals surface area contributed by atoms with Crippen LogP contribution in [0.1, 0.15) is 77.8 Å². The minimum absolute atomic E-state index is 0.0385.